The molecule has 1 aromatic heterocycles. The van der Waals surface area contributed by atoms with Crippen molar-refractivity contribution in [2.24, 2.45) is 5.92 Å². The maximum atomic E-state index is 12.2. The first-order valence-corrected chi connectivity index (χ1v) is 6.88. The molecule has 0 radical (unpaired) electrons. The minimum absolute atomic E-state index is 0.207. The Hall–Kier alpha value is -1.43. The van der Waals surface area contributed by atoms with Gasteiger partial charge in [-0.05, 0) is 19.3 Å². The van der Waals surface area contributed by atoms with Crippen LogP contribution in [0.25, 0.3) is 0 Å². The molecule has 1 saturated heterocycles. The Morgan fingerprint density at radius 3 is 3.00 bits per heavy atom. The normalized spacial score (nSPS) is 23.6. The molecule has 1 amide bonds. The predicted molar refractivity (Wildman–Crippen MR) is 66.3 cm³/mol. The second kappa shape index (κ2) is 5.28. The van der Waals surface area contributed by atoms with Crippen LogP contribution in [0, 0.1) is 5.92 Å². The number of aromatic nitrogens is 2. The Kier molecular flexibility index (Phi) is 3.50. The molecule has 1 unspecified atom stereocenters. The van der Waals surface area contributed by atoms with E-state index in [1.807, 2.05) is 4.90 Å². The molecule has 1 aromatic rings. The molecule has 19 heavy (non-hydrogen) atoms. The van der Waals surface area contributed by atoms with E-state index in [2.05, 4.69) is 10.1 Å². The van der Waals surface area contributed by atoms with E-state index in [9.17, 15) is 4.79 Å². The standard InChI is InChI=1S/C13H19N3O3/c1-18-8-11-14-12(15-19-11)10-5-6-16(7-10)13(17)9-3-2-4-9/h9-10H,2-8H2,1H3. The summed E-state index contributed by atoms with van der Waals surface area (Å²) in [5.74, 6) is 2.00. The Morgan fingerprint density at radius 1 is 1.47 bits per heavy atom. The lowest BCUT2D eigenvalue weighted by molar-refractivity contribution is -0.137. The molecule has 1 aliphatic heterocycles. The number of methoxy groups -OCH3 is 1. The fourth-order valence-corrected chi connectivity index (χ4v) is 2.70. The van der Waals surface area contributed by atoms with Crippen LogP contribution in [0.5, 0.6) is 0 Å². The summed E-state index contributed by atoms with van der Waals surface area (Å²) >= 11 is 0. The highest BCUT2D eigenvalue weighted by atomic mass is 16.5. The smallest absolute Gasteiger partial charge is 0.252 e. The van der Waals surface area contributed by atoms with Crippen molar-refractivity contribution in [3.8, 4) is 0 Å². The molecule has 104 valence electrons. The van der Waals surface area contributed by atoms with E-state index in [0.717, 1.165) is 32.4 Å². The van der Waals surface area contributed by atoms with Gasteiger partial charge in [-0.2, -0.15) is 4.98 Å². The molecule has 0 spiro atoms. The summed E-state index contributed by atoms with van der Waals surface area (Å²) in [5, 5.41) is 3.99. The number of hydrogen-bond donors (Lipinski definition) is 0. The SMILES string of the molecule is COCc1nc(C2CCN(C(=O)C3CCC3)C2)no1. The van der Waals surface area contributed by atoms with Gasteiger partial charge in [-0.25, -0.2) is 0 Å². The molecule has 0 N–H and O–H groups in total. The van der Waals surface area contributed by atoms with Gasteiger partial charge in [-0.1, -0.05) is 11.6 Å². The van der Waals surface area contributed by atoms with Crippen molar-refractivity contribution in [3.05, 3.63) is 11.7 Å². The van der Waals surface area contributed by atoms with Gasteiger partial charge in [-0.3, -0.25) is 4.79 Å². The lowest BCUT2D eigenvalue weighted by Crippen LogP contribution is -2.37. The van der Waals surface area contributed by atoms with Crippen LogP contribution in [0.2, 0.25) is 0 Å². The largest absolute Gasteiger partial charge is 0.375 e. The lowest BCUT2D eigenvalue weighted by Gasteiger charge is -2.29. The van der Waals surface area contributed by atoms with Gasteiger partial charge in [0, 0.05) is 32.0 Å². The summed E-state index contributed by atoms with van der Waals surface area (Å²) < 4.78 is 10.1. The molecule has 0 bridgehead atoms. The topological polar surface area (TPSA) is 68.5 Å². The van der Waals surface area contributed by atoms with Crippen molar-refractivity contribution in [1.82, 2.24) is 15.0 Å². The molecular formula is C13H19N3O3. The molecule has 1 atom stereocenters. The van der Waals surface area contributed by atoms with Crippen LogP contribution in [-0.4, -0.2) is 41.1 Å². The summed E-state index contributed by atoms with van der Waals surface area (Å²) in [4.78, 5) is 18.4. The maximum Gasteiger partial charge on any atom is 0.252 e. The summed E-state index contributed by atoms with van der Waals surface area (Å²) in [6.07, 6.45) is 4.23. The third-order valence-corrected chi connectivity index (χ3v) is 4.07. The van der Waals surface area contributed by atoms with Crippen molar-refractivity contribution in [3.63, 3.8) is 0 Å². The Morgan fingerprint density at radius 2 is 2.32 bits per heavy atom. The number of carbonyl (C=O) groups excluding carboxylic acids is 1. The van der Waals surface area contributed by atoms with Gasteiger partial charge in [0.2, 0.25) is 5.91 Å². The lowest BCUT2D eigenvalue weighted by atomic mass is 9.84. The van der Waals surface area contributed by atoms with Crippen LogP contribution in [0.3, 0.4) is 0 Å². The summed E-state index contributed by atoms with van der Waals surface area (Å²) in [6, 6.07) is 0. The summed E-state index contributed by atoms with van der Waals surface area (Å²) in [7, 11) is 1.60. The Balaban J connectivity index is 1.59. The fourth-order valence-electron chi connectivity index (χ4n) is 2.70. The van der Waals surface area contributed by atoms with Crippen LogP contribution in [0.4, 0.5) is 0 Å². The highest BCUT2D eigenvalue weighted by Gasteiger charge is 2.35. The van der Waals surface area contributed by atoms with Crippen molar-refractivity contribution < 1.29 is 14.1 Å². The average molecular weight is 265 g/mol. The molecule has 2 heterocycles. The monoisotopic (exact) mass is 265 g/mol. The zero-order valence-electron chi connectivity index (χ0n) is 11.2. The van der Waals surface area contributed by atoms with E-state index in [4.69, 9.17) is 9.26 Å². The van der Waals surface area contributed by atoms with Gasteiger partial charge in [0.25, 0.3) is 5.89 Å². The quantitative estimate of drug-likeness (QED) is 0.821. The average Bonchev–Trinajstić information content (AvgIpc) is 2.94. The van der Waals surface area contributed by atoms with E-state index < -0.39 is 0 Å². The number of likely N-dealkylation sites (tertiary alicyclic amines) is 1. The number of amides is 1. The van der Waals surface area contributed by atoms with Gasteiger partial charge >= 0.3 is 0 Å². The van der Waals surface area contributed by atoms with E-state index in [1.165, 1.54) is 6.42 Å². The van der Waals surface area contributed by atoms with Gasteiger partial charge in [0.1, 0.15) is 6.61 Å². The molecule has 6 heteroatoms. The van der Waals surface area contributed by atoms with Crippen molar-refractivity contribution in [2.45, 2.75) is 38.2 Å². The van der Waals surface area contributed by atoms with Crippen LogP contribution >= 0.6 is 0 Å². The van der Waals surface area contributed by atoms with Crippen LogP contribution in [0.1, 0.15) is 43.3 Å². The van der Waals surface area contributed by atoms with Crippen molar-refractivity contribution in [2.75, 3.05) is 20.2 Å². The molecule has 6 nitrogen and oxygen atoms in total. The molecule has 2 aliphatic rings. The predicted octanol–water partition coefficient (Wildman–Crippen LogP) is 1.33. The number of ether oxygens (including phenoxy) is 1. The van der Waals surface area contributed by atoms with Crippen LogP contribution in [-0.2, 0) is 16.1 Å². The fraction of sp³-hybridized carbons (Fsp3) is 0.769. The van der Waals surface area contributed by atoms with Gasteiger partial charge in [-0.15, -0.1) is 0 Å². The second-order valence-corrected chi connectivity index (χ2v) is 5.38. The number of rotatable bonds is 4. The highest BCUT2D eigenvalue weighted by Crippen LogP contribution is 2.32. The molecular weight excluding hydrogens is 246 g/mol. The van der Waals surface area contributed by atoms with E-state index in [0.29, 0.717) is 24.2 Å². The number of hydrogen-bond acceptors (Lipinski definition) is 5. The highest BCUT2D eigenvalue weighted by molar-refractivity contribution is 5.79. The Bertz CT molecular complexity index is 456. The summed E-state index contributed by atoms with van der Waals surface area (Å²) in [6.45, 7) is 1.87. The second-order valence-electron chi connectivity index (χ2n) is 5.38. The van der Waals surface area contributed by atoms with E-state index in [-0.39, 0.29) is 11.8 Å². The molecule has 1 aliphatic carbocycles. The minimum atomic E-state index is 0.207. The van der Waals surface area contributed by atoms with Crippen LogP contribution < -0.4 is 0 Å². The van der Waals surface area contributed by atoms with E-state index in [1.54, 1.807) is 7.11 Å². The first-order valence-electron chi connectivity index (χ1n) is 6.88. The van der Waals surface area contributed by atoms with E-state index >= 15 is 0 Å². The van der Waals surface area contributed by atoms with Gasteiger partial charge < -0.3 is 14.2 Å². The zero-order valence-corrected chi connectivity index (χ0v) is 11.2. The van der Waals surface area contributed by atoms with Gasteiger partial charge in [0.05, 0.1) is 0 Å². The molecule has 0 aromatic carbocycles. The number of nitrogens with zero attached hydrogens (tertiary/aromatic N) is 3. The van der Waals surface area contributed by atoms with Crippen molar-refractivity contribution in [1.29, 1.82) is 0 Å². The van der Waals surface area contributed by atoms with Crippen molar-refractivity contribution >= 4 is 5.91 Å². The molecule has 3 rings (SSSR count). The first-order chi connectivity index (χ1) is 9.28. The first kappa shape index (κ1) is 12.6. The van der Waals surface area contributed by atoms with Gasteiger partial charge in [0.15, 0.2) is 5.82 Å². The van der Waals surface area contributed by atoms with Crippen LogP contribution in [0.15, 0.2) is 4.52 Å². The third kappa shape index (κ3) is 2.49. The molecule has 1 saturated carbocycles. The third-order valence-electron chi connectivity index (χ3n) is 4.07. The minimum Gasteiger partial charge on any atom is -0.375 e. The Labute approximate surface area is 112 Å². The maximum absolute atomic E-state index is 12.2. The molecule has 2 fully saturated rings. The number of carbonyl (C=O) groups is 1. The zero-order chi connectivity index (χ0) is 13.2. The summed E-state index contributed by atoms with van der Waals surface area (Å²) in [5.41, 5.74) is 0.